The highest BCUT2D eigenvalue weighted by Crippen LogP contribution is 2.17. The number of allylic oxidation sites excluding steroid dienone is 1. The van der Waals surface area contributed by atoms with E-state index in [1.54, 1.807) is 0 Å². The van der Waals surface area contributed by atoms with E-state index in [1.807, 2.05) is 13.0 Å². The molecule has 0 aliphatic carbocycles. The van der Waals surface area contributed by atoms with Gasteiger partial charge in [-0.1, -0.05) is 18.7 Å². The van der Waals surface area contributed by atoms with Crippen molar-refractivity contribution in [1.82, 2.24) is 15.3 Å². The van der Waals surface area contributed by atoms with Gasteiger partial charge in [0.2, 0.25) is 0 Å². The Kier molecular flexibility index (Phi) is 2.73. The summed E-state index contributed by atoms with van der Waals surface area (Å²) in [5, 5.41) is 5.19. The number of rotatable bonds is 2. The monoisotopic (exact) mass is 203 g/mol. The summed E-state index contributed by atoms with van der Waals surface area (Å²) in [7, 11) is 0. The Bertz CT molecular complexity index is 464. The van der Waals surface area contributed by atoms with Crippen molar-refractivity contribution in [1.29, 1.82) is 0 Å². The van der Waals surface area contributed by atoms with Gasteiger partial charge >= 0.3 is 0 Å². The number of aromatic nitrogens is 2. The molecule has 0 amide bonds. The zero-order chi connectivity index (χ0) is 10.8. The summed E-state index contributed by atoms with van der Waals surface area (Å²) in [6, 6.07) is 0.373. The van der Waals surface area contributed by atoms with Gasteiger partial charge in [-0.05, 0) is 32.4 Å². The van der Waals surface area contributed by atoms with E-state index in [-0.39, 0.29) is 0 Å². The quantitative estimate of drug-likeness (QED) is 0.739. The lowest BCUT2D eigenvalue weighted by atomic mass is 10.2. The van der Waals surface area contributed by atoms with Crippen LogP contribution in [0.1, 0.15) is 31.6 Å². The highest BCUT2D eigenvalue weighted by Gasteiger charge is 2.18. The maximum absolute atomic E-state index is 4.54. The van der Waals surface area contributed by atoms with Crippen molar-refractivity contribution >= 4 is 12.7 Å². The van der Waals surface area contributed by atoms with Crippen LogP contribution in [0.2, 0.25) is 0 Å². The first-order chi connectivity index (χ1) is 7.16. The molecule has 0 spiro atoms. The number of aromatic amines is 1. The summed E-state index contributed by atoms with van der Waals surface area (Å²) < 4.78 is 0. The second kappa shape index (κ2) is 4.03. The summed E-state index contributed by atoms with van der Waals surface area (Å²) in [4.78, 5) is 7.77. The molecule has 15 heavy (non-hydrogen) atoms. The van der Waals surface area contributed by atoms with Crippen molar-refractivity contribution in [3.05, 3.63) is 28.7 Å². The highest BCUT2D eigenvalue weighted by atomic mass is 15.0. The molecule has 3 nitrogen and oxygen atoms in total. The normalized spacial score (nSPS) is 22.2. The van der Waals surface area contributed by atoms with E-state index in [1.165, 1.54) is 6.42 Å². The first-order valence-electron chi connectivity index (χ1n) is 5.32. The maximum Gasteiger partial charge on any atom is 0.124 e. The molecule has 1 aliphatic heterocycles. The van der Waals surface area contributed by atoms with Crippen LogP contribution in [0.5, 0.6) is 0 Å². The van der Waals surface area contributed by atoms with E-state index in [0.29, 0.717) is 6.04 Å². The number of nitrogens with zero attached hydrogens (tertiary/aromatic N) is 1. The SMILES string of the molecule is C=C(C)/C=c1/nc(C2CCCN2)[nH]c1=C. The molecule has 1 aromatic rings. The molecule has 1 saturated heterocycles. The van der Waals surface area contributed by atoms with Gasteiger partial charge in [-0.25, -0.2) is 4.98 Å². The number of hydrogen-bond acceptors (Lipinski definition) is 2. The Labute approximate surface area is 89.6 Å². The zero-order valence-electron chi connectivity index (χ0n) is 9.14. The fourth-order valence-corrected chi connectivity index (χ4v) is 1.88. The van der Waals surface area contributed by atoms with Crippen molar-refractivity contribution < 1.29 is 0 Å². The second-order valence-corrected chi connectivity index (χ2v) is 4.13. The minimum Gasteiger partial charge on any atom is -0.341 e. The Morgan fingerprint density at radius 2 is 2.40 bits per heavy atom. The number of hydrogen-bond donors (Lipinski definition) is 2. The van der Waals surface area contributed by atoms with Gasteiger partial charge in [-0.2, -0.15) is 0 Å². The average molecular weight is 203 g/mol. The molecular weight excluding hydrogens is 186 g/mol. The van der Waals surface area contributed by atoms with Crippen LogP contribution in [0, 0.1) is 0 Å². The van der Waals surface area contributed by atoms with Crippen molar-refractivity contribution in [2.45, 2.75) is 25.8 Å². The van der Waals surface area contributed by atoms with Gasteiger partial charge in [-0.3, -0.25) is 0 Å². The van der Waals surface area contributed by atoms with Gasteiger partial charge in [0.15, 0.2) is 0 Å². The molecule has 1 fully saturated rings. The van der Waals surface area contributed by atoms with E-state index in [0.717, 1.165) is 35.1 Å². The van der Waals surface area contributed by atoms with Crippen molar-refractivity contribution in [3.8, 4) is 0 Å². The van der Waals surface area contributed by atoms with Crippen LogP contribution in [-0.4, -0.2) is 16.5 Å². The van der Waals surface area contributed by atoms with Crippen LogP contribution in [0.3, 0.4) is 0 Å². The van der Waals surface area contributed by atoms with Gasteiger partial charge in [0.05, 0.1) is 16.7 Å². The van der Waals surface area contributed by atoms with Crippen molar-refractivity contribution in [2.75, 3.05) is 6.54 Å². The van der Waals surface area contributed by atoms with E-state index in [4.69, 9.17) is 0 Å². The summed E-state index contributed by atoms with van der Waals surface area (Å²) in [6.07, 6.45) is 4.33. The Hall–Kier alpha value is -1.35. The van der Waals surface area contributed by atoms with Gasteiger partial charge in [0.1, 0.15) is 5.82 Å². The summed E-state index contributed by atoms with van der Waals surface area (Å²) >= 11 is 0. The molecule has 0 bridgehead atoms. The lowest BCUT2D eigenvalue weighted by Gasteiger charge is -2.04. The third-order valence-corrected chi connectivity index (χ3v) is 2.60. The van der Waals surface area contributed by atoms with Crippen LogP contribution in [0.4, 0.5) is 0 Å². The largest absolute Gasteiger partial charge is 0.341 e. The zero-order valence-corrected chi connectivity index (χ0v) is 9.14. The molecule has 3 heteroatoms. The fourth-order valence-electron chi connectivity index (χ4n) is 1.88. The standard InChI is InChI=1S/C12H17N3/c1-8(2)7-11-9(3)14-12(15-11)10-5-4-6-13-10/h7,10,13H,1,3-6H2,2H3,(H,14,15)/b11-7+. The summed E-state index contributed by atoms with van der Waals surface area (Å²) in [5.41, 5.74) is 0.998. The molecule has 2 rings (SSSR count). The number of nitrogens with one attached hydrogen (secondary N) is 2. The Morgan fingerprint density at radius 3 is 3.00 bits per heavy atom. The van der Waals surface area contributed by atoms with Gasteiger partial charge < -0.3 is 10.3 Å². The molecule has 0 aromatic carbocycles. The predicted molar refractivity (Wildman–Crippen MR) is 62.6 cm³/mol. The molecular formula is C12H17N3. The first-order valence-corrected chi connectivity index (χ1v) is 5.32. The van der Waals surface area contributed by atoms with Gasteiger partial charge in [0.25, 0.3) is 0 Å². The second-order valence-electron chi connectivity index (χ2n) is 4.13. The number of H-pyrrole nitrogens is 1. The van der Waals surface area contributed by atoms with Crippen molar-refractivity contribution in [3.63, 3.8) is 0 Å². The van der Waals surface area contributed by atoms with Crippen molar-refractivity contribution in [2.24, 2.45) is 0 Å². The fraction of sp³-hybridized carbons (Fsp3) is 0.417. The molecule has 1 aliphatic rings. The van der Waals surface area contributed by atoms with E-state index < -0.39 is 0 Å². The molecule has 2 heterocycles. The highest BCUT2D eigenvalue weighted by molar-refractivity contribution is 5.41. The molecule has 0 radical (unpaired) electrons. The average Bonchev–Trinajstić information content (AvgIpc) is 2.75. The van der Waals surface area contributed by atoms with E-state index in [2.05, 4.69) is 28.4 Å². The topological polar surface area (TPSA) is 40.7 Å². The van der Waals surface area contributed by atoms with Crippen LogP contribution in [0.15, 0.2) is 12.2 Å². The van der Waals surface area contributed by atoms with Gasteiger partial charge in [-0.15, -0.1) is 0 Å². The van der Waals surface area contributed by atoms with E-state index >= 15 is 0 Å². The summed E-state index contributed by atoms with van der Waals surface area (Å²) in [5.74, 6) is 1.00. The predicted octanol–water partition coefficient (Wildman–Crippen LogP) is 0.601. The van der Waals surface area contributed by atoms with Crippen LogP contribution < -0.4 is 16.0 Å². The molecule has 80 valence electrons. The van der Waals surface area contributed by atoms with Crippen LogP contribution in [0.25, 0.3) is 12.7 Å². The third-order valence-electron chi connectivity index (χ3n) is 2.60. The lowest BCUT2D eigenvalue weighted by molar-refractivity contribution is 0.611. The molecule has 0 saturated carbocycles. The first kappa shape index (κ1) is 10.2. The minimum absolute atomic E-state index is 0.373. The van der Waals surface area contributed by atoms with Gasteiger partial charge in [0, 0.05) is 0 Å². The molecule has 2 N–H and O–H groups in total. The maximum atomic E-state index is 4.54. The minimum atomic E-state index is 0.373. The smallest absolute Gasteiger partial charge is 0.124 e. The molecule has 1 aromatic heterocycles. The van der Waals surface area contributed by atoms with Crippen LogP contribution >= 0.6 is 0 Å². The Balaban J connectivity index is 2.36. The Morgan fingerprint density at radius 1 is 1.60 bits per heavy atom. The third kappa shape index (κ3) is 2.18. The van der Waals surface area contributed by atoms with E-state index in [9.17, 15) is 0 Å². The lowest BCUT2D eigenvalue weighted by Crippen LogP contribution is -2.22. The van der Waals surface area contributed by atoms with Crippen LogP contribution in [-0.2, 0) is 0 Å². The molecule has 1 unspecified atom stereocenters. The number of imidazole rings is 1. The molecule has 1 atom stereocenters. The summed E-state index contributed by atoms with van der Waals surface area (Å²) in [6.45, 7) is 10.8.